The number of carbonyl (C=O) groups is 2. The van der Waals surface area contributed by atoms with Crippen molar-refractivity contribution >= 4 is 17.6 Å². The smallest absolute Gasteiger partial charge is 0.319 e. The Morgan fingerprint density at radius 1 is 1.26 bits per heavy atom. The van der Waals surface area contributed by atoms with Crippen molar-refractivity contribution in [3.8, 4) is 11.5 Å². The number of rotatable bonds is 4. The summed E-state index contributed by atoms with van der Waals surface area (Å²) >= 11 is 0. The van der Waals surface area contributed by atoms with Crippen molar-refractivity contribution in [1.82, 2.24) is 10.2 Å². The monoisotopic (exact) mass is 321 g/mol. The summed E-state index contributed by atoms with van der Waals surface area (Å²) < 4.78 is 10.4. The number of amides is 3. The molecule has 0 bridgehead atoms. The molecule has 1 saturated heterocycles. The van der Waals surface area contributed by atoms with Crippen LogP contribution in [0.15, 0.2) is 18.2 Å². The first-order valence-corrected chi connectivity index (χ1v) is 7.57. The average molecular weight is 321 g/mol. The summed E-state index contributed by atoms with van der Waals surface area (Å²) in [5, 5.41) is 5.69. The molecule has 1 aromatic rings. The van der Waals surface area contributed by atoms with Crippen molar-refractivity contribution in [2.45, 2.75) is 25.3 Å². The number of carbonyl (C=O) groups excluding carboxylic acids is 2. The summed E-state index contributed by atoms with van der Waals surface area (Å²) in [5.41, 5.74) is 0.563. The molecule has 0 saturated carbocycles. The third-order valence-electron chi connectivity index (χ3n) is 3.94. The van der Waals surface area contributed by atoms with E-state index in [1.807, 2.05) is 0 Å². The number of urea groups is 1. The minimum atomic E-state index is -0.310. The van der Waals surface area contributed by atoms with Gasteiger partial charge in [-0.2, -0.15) is 0 Å². The molecule has 1 atom stereocenters. The molecule has 1 unspecified atom stereocenters. The van der Waals surface area contributed by atoms with Crippen LogP contribution in [0.3, 0.4) is 0 Å². The van der Waals surface area contributed by atoms with Gasteiger partial charge in [0.15, 0.2) is 0 Å². The predicted molar refractivity (Wildman–Crippen MR) is 87.0 cm³/mol. The Bertz CT molecular complexity index is 576. The van der Waals surface area contributed by atoms with Gasteiger partial charge in [0.25, 0.3) is 0 Å². The molecule has 1 heterocycles. The predicted octanol–water partition coefficient (Wildman–Crippen LogP) is 1.84. The molecule has 7 nitrogen and oxygen atoms in total. The molecule has 0 radical (unpaired) electrons. The summed E-state index contributed by atoms with van der Waals surface area (Å²) in [5.74, 6) is 1.29. The van der Waals surface area contributed by atoms with Crippen LogP contribution in [0, 0.1) is 0 Å². The molecule has 0 spiro atoms. The first-order valence-electron chi connectivity index (χ1n) is 7.57. The second-order valence-corrected chi connectivity index (χ2v) is 5.50. The van der Waals surface area contributed by atoms with Crippen LogP contribution in [0.4, 0.5) is 10.5 Å². The zero-order chi connectivity index (χ0) is 16.8. The summed E-state index contributed by atoms with van der Waals surface area (Å²) in [4.78, 5) is 25.5. The summed E-state index contributed by atoms with van der Waals surface area (Å²) in [6.07, 6.45) is 1.85. The number of likely N-dealkylation sites (tertiary alicyclic amines) is 1. The lowest BCUT2D eigenvalue weighted by Gasteiger charge is -2.18. The van der Waals surface area contributed by atoms with E-state index in [-0.39, 0.29) is 18.0 Å². The third-order valence-corrected chi connectivity index (χ3v) is 3.94. The fourth-order valence-corrected chi connectivity index (χ4v) is 2.50. The van der Waals surface area contributed by atoms with Gasteiger partial charge in [0.1, 0.15) is 11.5 Å². The maximum Gasteiger partial charge on any atom is 0.319 e. The van der Waals surface area contributed by atoms with Crippen molar-refractivity contribution < 1.29 is 19.1 Å². The number of methoxy groups -OCH3 is 2. The molecule has 1 aromatic carbocycles. The van der Waals surface area contributed by atoms with Crippen molar-refractivity contribution in [2.75, 3.05) is 33.1 Å². The van der Waals surface area contributed by atoms with Crippen LogP contribution in [0.5, 0.6) is 11.5 Å². The van der Waals surface area contributed by atoms with E-state index in [2.05, 4.69) is 10.6 Å². The Labute approximate surface area is 135 Å². The molecule has 1 fully saturated rings. The van der Waals surface area contributed by atoms with E-state index in [0.717, 1.165) is 6.42 Å². The largest absolute Gasteiger partial charge is 0.497 e. The van der Waals surface area contributed by atoms with E-state index in [9.17, 15) is 9.59 Å². The van der Waals surface area contributed by atoms with Gasteiger partial charge in [-0.05, 0) is 25.0 Å². The summed E-state index contributed by atoms with van der Waals surface area (Å²) in [6.45, 7) is 0.648. The molecule has 7 heteroatoms. The van der Waals surface area contributed by atoms with Crippen LogP contribution >= 0.6 is 0 Å². The van der Waals surface area contributed by atoms with Crippen molar-refractivity contribution in [3.63, 3.8) is 0 Å². The number of hydrogen-bond acceptors (Lipinski definition) is 4. The van der Waals surface area contributed by atoms with Crippen molar-refractivity contribution in [2.24, 2.45) is 0 Å². The van der Waals surface area contributed by atoms with Gasteiger partial charge in [0.05, 0.1) is 19.9 Å². The number of nitrogens with zero attached hydrogens (tertiary/aromatic N) is 1. The highest BCUT2D eigenvalue weighted by molar-refractivity contribution is 5.91. The molecule has 2 rings (SSSR count). The SMILES string of the molecule is COc1ccc(NC(=O)NC2CCC(=O)N(C)CC2)c(OC)c1. The zero-order valence-electron chi connectivity index (χ0n) is 13.7. The number of benzene rings is 1. The number of ether oxygens (including phenoxy) is 2. The van der Waals surface area contributed by atoms with Crippen LogP contribution in [0.2, 0.25) is 0 Å². The number of nitrogens with one attached hydrogen (secondary N) is 2. The standard InChI is InChI=1S/C16H23N3O4/c1-19-9-8-11(4-7-15(19)20)17-16(21)18-13-6-5-12(22-2)10-14(13)23-3/h5-6,10-11H,4,7-9H2,1-3H3,(H2,17,18,21). The summed E-state index contributed by atoms with van der Waals surface area (Å²) in [7, 11) is 4.89. The van der Waals surface area contributed by atoms with Gasteiger partial charge in [-0.25, -0.2) is 4.79 Å². The van der Waals surface area contributed by atoms with Gasteiger partial charge in [-0.3, -0.25) is 4.79 Å². The molecule has 126 valence electrons. The van der Waals surface area contributed by atoms with E-state index < -0.39 is 0 Å². The first kappa shape index (κ1) is 16.9. The lowest BCUT2D eigenvalue weighted by Crippen LogP contribution is -2.38. The Morgan fingerprint density at radius 3 is 2.74 bits per heavy atom. The summed E-state index contributed by atoms with van der Waals surface area (Å²) in [6, 6.07) is 4.84. The third kappa shape index (κ3) is 4.51. The van der Waals surface area contributed by atoms with E-state index in [4.69, 9.17) is 9.47 Å². The van der Waals surface area contributed by atoms with Crippen molar-refractivity contribution in [3.05, 3.63) is 18.2 Å². The molecule has 3 amide bonds. The molecule has 0 aliphatic carbocycles. The molecule has 0 aromatic heterocycles. The molecule has 2 N–H and O–H groups in total. The topological polar surface area (TPSA) is 79.9 Å². The number of hydrogen-bond donors (Lipinski definition) is 2. The Hall–Kier alpha value is -2.44. The van der Waals surface area contributed by atoms with Crippen LogP contribution in [-0.2, 0) is 4.79 Å². The van der Waals surface area contributed by atoms with Gasteiger partial charge in [0, 0.05) is 32.1 Å². The van der Waals surface area contributed by atoms with Gasteiger partial charge in [0.2, 0.25) is 5.91 Å². The maximum absolute atomic E-state index is 12.2. The van der Waals surface area contributed by atoms with E-state index in [1.54, 1.807) is 37.3 Å². The maximum atomic E-state index is 12.2. The second kappa shape index (κ2) is 7.71. The Morgan fingerprint density at radius 2 is 2.04 bits per heavy atom. The van der Waals surface area contributed by atoms with Crippen LogP contribution in [-0.4, -0.2) is 50.7 Å². The fraction of sp³-hybridized carbons (Fsp3) is 0.500. The van der Waals surface area contributed by atoms with E-state index in [1.165, 1.54) is 7.11 Å². The average Bonchev–Trinajstić information content (AvgIpc) is 2.71. The van der Waals surface area contributed by atoms with Crippen LogP contribution in [0.1, 0.15) is 19.3 Å². The van der Waals surface area contributed by atoms with E-state index >= 15 is 0 Å². The highest BCUT2D eigenvalue weighted by Gasteiger charge is 2.21. The normalized spacial score (nSPS) is 18.1. The minimum Gasteiger partial charge on any atom is -0.497 e. The molecular weight excluding hydrogens is 298 g/mol. The van der Waals surface area contributed by atoms with E-state index in [0.29, 0.717) is 36.6 Å². The van der Waals surface area contributed by atoms with Gasteiger partial charge in [-0.1, -0.05) is 0 Å². The van der Waals surface area contributed by atoms with Crippen LogP contribution < -0.4 is 20.1 Å². The number of anilines is 1. The first-order chi connectivity index (χ1) is 11.0. The minimum absolute atomic E-state index is 0.0202. The molecule has 1 aliphatic heterocycles. The van der Waals surface area contributed by atoms with Crippen molar-refractivity contribution in [1.29, 1.82) is 0 Å². The second-order valence-electron chi connectivity index (χ2n) is 5.50. The highest BCUT2D eigenvalue weighted by atomic mass is 16.5. The molecule has 1 aliphatic rings. The molecule has 23 heavy (non-hydrogen) atoms. The van der Waals surface area contributed by atoms with Gasteiger partial charge >= 0.3 is 6.03 Å². The highest BCUT2D eigenvalue weighted by Crippen LogP contribution is 2.28. The van der Waals surface area contributed by atoms with Crippen LogP contribution in [0.25, 0.3) is 0 Å². The van der Waals surface area contributed by atoms with Gasteiger partial charge < -0.3 is 25.0 Å². The lowest BCUT2D eigenvalue weighted by molar-refractivity contribution is -0.129. The fourth-order valence-electron chi connectivity index (χ4n) is 2.50. The molecular formula is C16H23N3O4. The Balaban J connectivity index is 1.95. The zero-order valence-corrected chi connectivity index (χ0v) is 13.7. The quantitative estimate of drug-likeness (QED) is 0.887. The van der Waals surface area contributed by atoms with Gasteiger partial charge in [-0.15, -0.1) is 0 Å². The Kier molecular flexibility index (Phi) is 5.67. The lowest BCUT2D eigenvalue weighted by atomic mass is 10.1.